The lowest BCUT2D eigenvalue weighted by Crippen LogP contribution is -2.55. The maximum atomic E-state index is 13.3. The highest BCUT2D eigenvalue weighted by atomic mass is 35.5. The molecule has 1 fully saturated rings. The number of anilines is 1. The topological polar surface area (TPSA) is 97.9 Å². The number of rotatable bonds is 9. The highest BCUT2D eigenvalue weighted by molar-refractivity contribution is 6.30. The van der Waals surface area contributed by atoms with Gasteiger partial charge in [-0.15, -0.1) is 0 Å². The normalized spacial score (nSPS) is 15.8. The fourth-order valence-electron chi connectivity index (χ4n) is 4.83. The number of hydrogen-bond acceptors (Lipinski definition) is 6. The maximum Gasteiger partial charge on any atom is 0.330 e. The fraction of sp³-hybridized carbons (Fsp3) is 0.481. The first-order chi connectivity index (χ1) is 17.7. The van der Waals surface area contributed by atoms with E-state index < -0.39 is 17.6 Å². The van der Waals surface area contributed by atoms with E-state index in [0.717, 1.165) is 31.2 Å². The number of aryl methyl sites for hydroxylation is 1. The highest BCUT2D eigenvalue weighted by Crippen LogP contribution is 2.28. The summed E-state index contributed by atoms with van der Waals surface area (Å²) in [5.41, 5.74) is 0.148. The number of halogens is 1. The minimum atomic E-state index is -1.17. The predicted octanol–water partition coefficient (Wildman–Crippen LogP) is 4.04. The van der Waals surface area contributed by atoms with Gasteiger partial charge in [-0.05, 0) is 45.2 Å². The summed E-state index contributed by atoms with van der Waals surface area (Å²) in [6.45, 7) is 6.64. The average molecular weight is 528 g/mol. The molecule has 37 heavy (non-hydrogen) atoms. The highest BCUT2D eigenvalue weighted by Gasteiger charge is 2.38. The first-order valence-corrected chi connectivity index (χ1v) is 13.1. The molecule has 0 unspecified atom stereocenters. The summed E-state index contributed by atoms with van der Waals surface area (Å²) in [5, 5.41) is 3.46. The molecule has 2 aromatic heterocycles. The molecule has 1 N–H and O–H groups in total. The molecule has 1 aliphatic heterocycles. The summed E-state index contributed by atoms with van der Waals surface area (Å²) in [7, 11) is 1.30. The molecule has 1 atom stereocenters. The third kappa shape index (κ3) is 5.51. The van der Waals surface area contributed by atoms with Gasteiger partial charge in [0.05, 0.1) is 12.8 Å². The number of carbonyl (C=O) groups is 2. The quantitative estimate of drug-likeness (QED) is 0.333. The molecule has 4 rings (SSSR count). The standard InChI is InChI=1S/C27H34ClN5O4/c1-5-6-7-14-32-22(31-15-8-9-21(31)24(35)30-27(2,3)25(36)37-4)16-23(34)33-17-20(29-26(32)33)18-10-12-19(28)13-11-18/h10-13,16-17,21H,5-9,14-15H2,1-4H3,(H,30,35)/t21-/m0/s1. The number of fused-ring (bicyclic) bond motifs is 1. The number of methoxy groups -OCH3 is 1. The second-order valence-corrected chi connectivity index (χ2v) is 10.4. The van der Waals surface area contributed by atoms with Crippen molar-refractivity contribution in [1.29, 1.82) is 0 Å². The third-order valence-corrected chi connectivity index (χ3v) is 7.05. The van der Waals surface area contributed by atoms with Crippen molar-refractivity contribution in [2.75, 3.05) is 18.6 Å². The first-order valence-electron chi connectivity index (χ1n) is 12.7. The van der Waals surface area contributed by atoms with Crippen LogP contribution in [0.3, 0.4) is 0 Å². The second-order valence-electron chi connectivity index (χ2n) is 9.96. The number of nitrogens with one attached hydrogen (secondary N) is 1. The predicted molar refractivity (Wildman–Crippen MR) is 144 cm³/mol. The largest absolute Gasteiger partial charge is 0.467 e. The van der Waals surface area contributed by atoms with Crippen molar-refractivity contribution in [1.82, 2.24) is 19.3 Å². The molecule has 1 amide bonds. The number of carbonyl (C=O) groups excluding carboxylic acids is 2. The van der Waals surface area contributed by atoms with Crippen LogP contribution in [-0.2, 0) is 20.9 Å². The number of hydrogen-bond donors (Lipinski definition) is 1. The average Bonchev–Trinajstić information content (AvgIpc) is 3.53. The van der Waals surface area contributed by atoms with Crippen LogP contribution in [0.25, 0.3) is 17.0 Å². The lowest BCUT2D eigenvalue weighted by molar-refractivity contribution is -0.149. The molecule has 0 saturated carbocycles. The number of benzene rings is 1. The monoisotopic (exact) mass is 527 g/mol. The van der Waals surface area contributed by atoms with Gasteiger partial charge in [-0.1, -0.05) is 43.5 Å². The van der Waals surface area contributed by atoms with E-state index in [1.807, 2.05) is 21.6 Å². The van der Waals surface area contributed by atoms with Crippen LogP contribution >= 0.6 is 11.6 Å². The van der Waals surface area contributed by atoms with E-state index in [2.05, 4.69) is 12.2 Å². The van der Waals surface area contributed by atoms with Crippen LogP contribution in [0.5, 0.6) is 0 Å². The Morgan fingerprint density at radius 1 is 1.22 bits per heavy atom. The van der Waals surface area contributed by atoms with E-state index in [4.69, 9.17) is 21.3 Å². The second kappa shape index (κ2) is 11.0. The number of esters is 1. The van der Waals surface area contributed by atoms with E-state index in [1.165, 1.54) is 7.11 Å². The smallest absolute Gasteiger partial charge is 0.330 e. The van der Waals surface area contributed by atoms with Crippen molar-refractivity contribution in [3.8, 4) is 11.3 Å². The number of amides is 1. The van der Waals surface area contributed by atoms with Crippen molar-refractivity contribution in [3.63, 3.8) is 0 Å². The third-order valence-electron chi connectivity index (χ3n) is 6.80. The molecule has 9 nitrogen and oxygen atoms in total. The SMILES string of the molecule is CCCCCn1c(N2CCC[C@H]2C(=O)NC(C)(C)C(=O)OC)cc(=O)n2cc(-c3ccc(Cl)cc3)nc12. The summed E-state index contributed by atoms with van der Waals surface area (Å²) in [6, 6.07) is 8.41. The Hall–Kier alpha value is -3.33. The molecule has 0 aliphatic carbocycles. The van der Waals surface area contributed by atoms with E-state index in [-0.39, 0.29) is 11.5 Å². The van der Waals surface area contributed by atoms with Gasteiger partial charge in [-0.3, -0.25) is 18.6 Å². The summed E-state index contributed by atoms with van der Waals surface area (Å²) in [4.78, 5) is 45.6. The van der Waals surface area contributed by atoms with E-state index in [1.54, 1.807) is 42.6 Å². The molecule has 1 saturated heterocycles. The van der Waals surface area contributed by atoms with Crippen LogP contribution in [0, 0.1) is 0 Å². The summed E-state index contributed by atoms with van der Waals surface area (Å²) >= 11 is 6.05. The molecule has 0 radical (unpaired) electrons. The minimum absolute atomic E-state index is 0.217. The Morgan fingerprint density at radius 3 is 2.62 bits per heavy atom. The van der Waals surface area contributed by atoms with Gasteiger partial charge in [0.1, 0.15) is 17.4 Å². The number of aromatic nitrogens is 3. The van der Waals surface area contributed by atoms with Crippen molar-refractivity contribution in [2.45, 2.75) is 71.0 Å². The van der Waals surface area contributed by atoms with Gasteiger partial charge in [0.25, 0.3) is 5.56 Å². The van der Waals surface area contributed by atoms with Crippen molar-refractivity contribution < 1.29 is 14.3 Å². The van der Waals surface area contributed by atoms with Crippen molar-refractivity contribution in [3.05, 3.63) is 51.9 Å². The Morgan fingerprint density at radius 2 is 1.95 bits per heavy atom. The van der Waals surface area contributed by atoms with Crippen LogP contribution < -0.4 is 15.8 Å². The van der Waals surface area contributed by atoms with Crippen LogP contribution in [0.2, 0.25) is 5.02 Å². The zero-order chi connectivity index (χ0) is 26.7. The minimum Gasteiger partial charge on any atom is -0.467 e. The molecular weight excluding hydrogens is 494 g/mol. The van der Waals surface area contributed by atoms with Gasteiger partial charge in [0.15, 0.2) is 0 Å². The number of unbranched alkanes of at least 4 members (excludes halogenated alkanes) is 2. The van der Waals surface area contributed by atoms with Gasteiger partial charge < -0.3 is 15.0 Å². The van der Waals surface area contributed by atoms with Gasteiger partial charge in [-0.25, -0.2) is 9.78 Å². The Labute approximate surface area is 221 Å². The molecule has 1 aromatic carbocycles. The fourth-order valence-corrected chi connectivity index (χ4v) is 4.95. The summed E-state index contributed by atoms with van der Waals surface area (Å²) in [5.74, 6) is 0.404. The molecular formula is C27H34ClN5O4. The van der Waals surface area contributed by atoms with Gasteiger partial charge >= 0.3 is 5.97 Å². The van der Waals surface area contributed by atoms with Crippen LogP contribution in [-0.4, -0.2) is 51.1 Å². The summed E-state index contributed by atoms with van der Waals surface area (Å²) in [6.07, 6.45) is 6.13. The molecule has 0 spiro atoms. The lowest BCUT2D eigenvalue weighted by Gasteiger charge is -2.31. The van der Waals surface area contributed by atoms with Crippen molar-refractivity contribution in [2.24, 2.45) is 0 Å². The first kappa shape index (κ1) is 26.7. The van der Waals surface area contributed by atoms with Gasteiger partial charge in [0.2, 0.25) is 11.7 Å². The van der Waals surface area contributed by atoms with Gasteiger partial charge in [0, 0.05) is 35.9 Å². The maximum absolute atomic E-state index is 13.3. The van der Waals surface area contributed by atoms with Crippen molar-refractivity contribution >= 4 is 35.1 Å². The zero-order valence-electron chi connectivity index (χ0n) is 21.8. The Kier molecular flexibility index (Phi) is 7.92. The number of imidazole rings is 1. The molecule has 3 aromatic rings. The van der Waals surface area contributed by atoms with Crippen LogP contribution in [0.4, 0.5) is 5.82 Å². The number of ether oxygens (including phenoxy) is 1. The molecule has 0 bridgehead atoms. The molecule has 1 aliphatic rings. The molecule has 10 heteroatoms. The lowest BCUT2D eigenvalue weighted by atomic mass is 10.0. The number of nitrogens with zero attached hydrogens (tertiary/aromatic N) is 4. The van der Waals surface area contributed by atoms with Gasteiger partial charge in [-0.2, -0.15) is 0 Å². The molecule has 198 valence electrons. The van der Waals surface area contributed by atoms with Crippen LogP contribution in [0.1, 0.15) is 52.9 Å². The molecule has 3 heterocycles. The zero-order valence-corrected chi connectivity index (χ0v) is 22.5. The summed E-state index contributed by atoms with van der Waals surface area (Å²) < 4.78 is 8.44. The Bertz CT molecular complexity index is 1350. The van der Waals surface area contributed by atoms with E-state index in [0.29, 0.717) is 41.8 Å². The Balaban J connectivity index is 1.76. The van der Waals surface area contributed by atoms with E-state index in [9.17, 15) is 14.4 Å². The van der Waals surface area contributed by atoms with E-state index >= 15 is 0 Å². The van der Waals surface area contributed by atoms with Crippen LogP contribution in [0.15, 0.2) is 41.3 Å².